The Morgan fingerprint density at radius 1 is 0.403 bits per heavy atom. The van der Waals surface area contributed by atoms with Crippen LogP contribution in [-0.4, -0.2) is 212 Å². The topological polar surface area (TPSA) is 325 Å². The number of aliphatic hydroxyl groups is 4. The van der Waals surface area contributed by atoms with Crippen molar-refractivity contribution in [1.82, 2.24) is 14.7 Å². The number of hydrogen-bond donors (Lipinski definition) is 4. The Morgan fingerprint density at radius 3 is 1.01 bits per heavy atom. The summed E-state index contributed by atoms with van der Waals surface area (Å²) in [6.07, 6.45) is 1.34. The highest BCUT2D eigenvalue weighted by atomic mass is 35.5. The van der Waals surface area contributed by atoms with E-state index in [0.29, 0.717) is 38.9 Å². The largest absolute Gasteiger partial charge is 0.458 e. The minimum absolute atomic E-state index is 0.0215. The van der Waals surface area contributed by atoms with Gasteiger partial charge in [-0.05, 0) is 206 Å². The van der Waals surface area contributed by atoms with Crippen LogP contribution < -0.4 is 0 Å². The van der Waals surface area contributed by atoms with Crippen molar-refractivity contribution in [1.29, 1.82) is 0 Å². The van der Waals surface area contributed by atoms with Gasteiger partial charge >= 0.3 is 29.6 Å². The number of ether oxygens (including phenoxy) is 5. The van der Waals surface area contributed by atoms with Crippen molar-refractivity contribution in [2.24, 2.45) is 102 Å². The fourth-order valence-electron chi connectivity index (χ4n) is 29.2. The van der Waals surface area contributed by atoms with Gasteiger partial charge in [0.05, 0.1) is 34.6 Å². The number of hydrogen-bond acceptors (Lipinski definition) is 21. The van der Waals surface area contributed by atoms with Gasteiger partial charge < -0.3 is 53.9 Å². The normalized spacial score (nSPS) is 39.9. The standard InChI is InChI=1S/C33H37F2NO7.C32H37F2NO5.C31H35F2NO6.C8H7ClO2/c1-19(37)42-17-28(40)32-18-36(29(41)43-16-20-7-5-4-6-8-20)15-21(32)11-23-24-13-26(34)25-12-22(38)9-10-30(25,2)33(24,35)27(39)14-31(23,32)3;1-19(36)40-17-28(39)31-18-35(15-20-7-5-4-6-8-20)16-21(31)11-23-24-13-26(33)25-12-22(37)9-10-29(25,2)32(24,34)27(38)14-30(23,31)3;1-28-9-8-20(36)11-23(28)24(32)12-22-21-10-19-14-34(27(39)40-16-18-6-4-3-5-7-18)17-30(19,26(38)15-35)29(21,2)13-25(37)31(22,28)33;9-8(10)11-6-7-4-2-1-3-5-7/h4-10,12,21,23-24,26-27,39H,11,13-18H2,1-3H3;4-10,12,21,23-24,26-27,38H,11,13-18H2,1-3H3;3-9,11,19,21-22,24-25,35,37H,10,12-17H2,1-2H3;1-5H,6H2/t21-,23-,24-,26-,27-,30-,31-,32+,33-;21-,23-,24-,26-,27-,29-,30-,31+,32-;19-,21-,22-,24-,25-,28-,29-,30+,31-;/m000./s1. The summed E-state index contributed by atoms with van der Waals surface area (Å²) in [6.45, 7) is 13.3. The van der Waals surface area contributed by atoms with Gasteiger partial charge in [-0.15, -0.1) is 0 Å². The predicted octanol–water partition coefficient (Wildman–Crippen LogP) is 14.8. The number of carbonyl (C=O) groups excluding carboxylic acids is 11. The monoisotopic (exact) mass is 1880 g/mol. The Bertz CT molecular complexity index is 5540. The van der Waals surface area contributed by atoms with Crippen LogP contribution >= 0.6 is 11.6 Å². The molecule has 0 bridgehead atoms. The Morgan fingerprint density at radius 2 is 0.701 bits per heavy atom. The molecule has 4 N–H and O–H groups in total. The summed E-state index contributed by atoms with van der Waals surface area (Å²) in [7, 11) is 0. The van der Waals surface area contributed by atoms with E-state index in [0.717, 1.165) is 34.4 Å². The molecule has 0 radical (unpaired) electrons. The third-order valence-corrected chi connectivity index (χ3v) is 35.5. The minimum Gasteiger partial charge on any atom is -0.458 e. The molecule has 3 heterocycles. The molecule has 23 nitrogen and oxygen atoms in total. The van der Waals surface area contributed by atoms with Crippen LogP contribution in [0.15, 0.2) is 193 Å². The predicted molar refractivity (Wildman–Crippen MR) is 476 cm³/mol. The fourth-order valence-corrected chi connectivity index (χ4v) is 29.3. The third kappa shape index (κ3) is 15.2. The lowest BCUT2D eigenvalue weighted by Crippen LogP contribution is -2.69. The molecule has 19 rings (SSSR count). The molecule has 0 aromatic heterocycles. The second-order valence-corrected chi connectivity index (χ2v) is 41.6. The van der Waals surface area contributed by atoms with E-state index in [9.17, 15) is 73.2 Å². The molecule has 2 amide bonds. The van der Waals surface area contributed by atoms with Crippen LogP contribution in [0, 0.1) is 102 Å². The second-order valence-electron chi connectivity index (χ2n) is 41.3. The maximum atomic E-state index is 17.6. The molecule has 15 aliphatic rings. The zero-order chi connectivity index (χ0) is 96.4. The number of Topliss-reactive ketones (excluding diaryl/α,β-unsaturated/α-hetero) is 3. The van der Waals surface area contributed by atoms with Crippen molar-refractivity contribution in [2.75, 3.05) is 59.1 Å². The summed E-state index contributed by atoms with van der Waals surface area (Å²) >= 11 is 4.97. The molecule has 27 atom stereocenters. The van der Waals surface area contributed by atoms with E-state index in [2.05, 4.69) is 9.64 Å². The van der Waals surface area contributed by atoms with Crippen molar-refractivity contribution in [2.45, 2.75) is 193 Å². The molecule has 0 spiro atoms. The van der Waals surface area contributed by atoms with Gasteiger partial charge in [-0.25, -0.2) is 40.7 Å². The van der Waals surface area contributed by atoms with Crippen molar-refractivity contribution in [3.63, 3.8) is 0 Å². The van der Waals surface area contributed by atoms with Crippen molar-refractivity contribution in [3.8, 4) is 0 Å². The Kier molecular flexibility index (Phi) is 25.9. The SMILES string of the molecule is CC(=O)OCC(=O)[C@@]12CN(C(=O)OCc3ccccc3)C[C@@H]1C[C@H]1[C@@H]3C[C@H](F)C4=CC(=O)C=C[C@]4(C)[C@@]3(F)[C@@H](O)C[C@@]12C.CC(=O)OCC(=O)[C@@]12CN(Cc3ccccc3)C[C@@H]1C[C@H]1[C@@H]3C[C@H](F)C4=CC(=O)C=C[C@]4(C)[C@@]3(F)[C@@H](O)C[C@@]12C.C[C@]12C=CC(=O)C=C1[C@@H](F)C[C@H]1[C@@H]3C[C@H]4CN(C(=O)OCc5ccccc5)C[C@@]4(C(=O)CO)[C@@]3(C)C[C@H](O)[C@@]12F.O=C(Cl)OCc1ccccc1. The number of benzene rings is 4. The second kappa shape index (κ2) is 35.8. The zero-order valence-corrected chi connectivity index (χ0v) is 77.0. The molecule has 12 fully saturated rings. The number of carbonyl (C=O) groups is 11. The zero-order valence-electron chi connectivity index (χ0n) is 76.3. The molecular weight excluding hydrogens is 1760 g/mol. The average molecular weight is 1880 g/mol. The molecule has 4 aromatic rings. The Hall–Kier alpha value is -10.0. The van der Waals surface area contributed by atoms with Gasteiger partial charge in [0.25, 0.3) is 0 Å². The minimum atomic E-state index is -2.28. The summed E-state index contributed by atoms with van der Waals surface area (Å²) in [5.41, 5.74) is -14.6. The fraction of sp³-hybridized carbons (Fsp3) is 0.548. The smallest absolute Gasteiger partial charge is 0.410 e. The molecular formula is C104H116ClF6N3O20. The lowest BCUT2D eigenvalue weighted by Gasteiger charge is -2.63. The lowest BCUT2D eigenvalue weighted by atomic mass is 9.43. The first-order valence-corrected chi connectivity index (χ1v) is 46.6. The van der Waals surface area contributed by atoms with Gasteiger partial charge in [0.1, 0.15) is 44.9 Å². The van der Waals surface area contributed by atoms with Crippen molar-refractivity contribution in [3.05, 3.63) is 215 Å². The van der Waals surface area contributed by atoms with E-state index >= 15 is 26.3 Å². The van der Waals surface area contributed by atoms with Gasteiger partial charge in [-0.3, -0.25) is 43.3 Å². The van der Waals surface area contributed by atoms with Crippen LogP contribution in [0.5, 0.6) is 0 Å². The number of fused-ring (bicyclic) bond motifs is 21. The number of aliphatic hydroxyl groups excluding tert-OH is 4. The molecule has 134 heavy (non-hydrogen) atoms. The van der Waals surface area contributed by atoms with Gasteiger partial charge in [-0.1, -0.05) is 160 Å². The lowest BCUT2D eigenvalue weighted by molar-refractivity contribution is -0.212. The quantitative estimate of drug-likeness (QED) is 0.0350. The number of ketones is 6. The van der Waals surface area contributed by atoms with Crippen molar-refractivity contribution < 1.29 is 123 Å². The van der Waals surface area contributed by atoms with Crippen LogP contribution in [0.2, 0.25) is 0 Å². The highest BCUT2D eigenvalue weighted by Gasteiger charge is 2.83. The number of rotatable bonds is 16. The summed E-state index contributed by atoms with van der Waals surface area (Å²) in [4.78, 5) is 143. The van der Waals surface area contributed by atoms with Gasteiger partial charge in [-0.2, -0.15) is 0 Å². The van der Waals surface area contributed by atoms with Crippen LogP contribution in [0.4, 0.5) is 40.7 Å². The molecule has 9 saturated carbocycles. The molecule has 3 aliphatic heterocycles. The van der Waals surface area contributed by atoms with E-state index in [1.54, 1.807) is 13.8 Å². The maximum absolute atomic E-state index is 17.6. The summed E-state index contributed by atoms with van der Waals surface area (Å²) in [6, 6.07) is 37.7. The molecule has 0 unspecified atom stereocenters. The molecule has 12 aliphatic carbocycles. The first-order chi connectivity index (χ1) is 63.3. The number of alkyl halides is 6. The van der Waals surface area contributed by atoms with E-state index in [1.165, 1.54) is 73.1 Å². The summed E-state index contributed by atoms with van der Waals surface area (Å²) in [5.74, 6) is -8.58. The number of allylic oxidation sites excluding steroid dienone is 12. The van der Waals surface area contributed by atoms with Crippen LogP contribution in [0.1, 0.15) is 135 Å². The first-order valence-electron chi connectivity index (χ1n) is 46.3. The van der Waals surface area contributed by atoms with E-state index < -0.39 is 210 Å². The number of likely N-dealkylation sites (tertiary alicyclic amines) is 3. The number of esters is 2. The molecule has 3 saturated heterocycles. The number of halogens is 7. The molecule has 716 valence electrons. The van der Waals surface area contributed by atoms with Crippen LogP contribution in [0.25, 0.3) is 0 Å². The molecule has 30 heteroatoms. The summed E-state index contributed by atoms with van der Waals surface area (Å²) in [5, 5.41) is 45.1. The highest BCUT2D eigenvalue weighted by molar-refractivity contribution is 6.61. The highest BCUT2D eigenvalue weighted by Crippen LogP contribution is 2.79. The van der Waals surface area contributed by atoms with Gasteiger partial charge in [0.15, 0.2) is 64.9 Å². The third-order valence-electron chi connectivity index (χ3n) is 35.4. The van der Waals surface area contributed by atoms with Crippen molar-refractivity contribution >= 4 is 75.9 Å². The number of nitrogens with zero attached hydrogens (tertiary/aromatic N) is 3. The Labute approximate surface area is 779 Å². The van der Waals surface area contributed by atoms with E-state index in [-0.39, 0.29) is 131 Å². The first kappa shape index (κ1) is 97.1. The van der Waals surface area contributed by atoms with Gasteiger partial charge in [0, 0.05) is 105 Å². The number of amides is 2. The van der Waals surface area contributed by atoms with E-state index in [1.807, 2.05) is 142 Å². The Balaban J connectivity index is 0.000000138. The average Bonchev–Trinajstić information content (AvgIpc) is 1.48. The van der Waals surface area contributed by atoms with E-state index in [4.69, 9.17) is 30.5 Å². The maximum Gasteiger partial charge on any atom is 0.410 e. The molecule has 4 aromatic carbocycles. The van der Waals surface area contributed by atoms with Gasteiger partial charge in [0.2, 0.25) is 0 Å². The summed E-state index contributed by atoms with van der Waals surface area (Å²) < 4.78 is 126. The van der Waals surface area contributed by atoms with Crippen LogP contribution in [0.3, 0.4) is 0 Å². The van der Waals surface area contributed by atoms with Crippen LogP contribution in [-0.2, 0) is 88.4 Å².